The molecule has 1 N–H and O–H groups in total. The Morgan fingerprint density at radius 1 is 1.22 bits per heavy atom. The van der Waals surface area contributed by atoms with Crippen LogP contribution in [0.2, 0.25) is 0 Å². The maximum atomic E-state index is 14.5. The number of piperidine rings is 1. The van der Waals surface area contributed by atoms with Gasteiger partial charge in [-0.25, -0.2) is 4.39 Å². The molecule has 1 spiro atoms. The molecule has 4 nitrogen and oxygen atoms in total. The summed E-state index contributed by atoms with van der Waals surface area (Å²) in [6, 6.07) is 11.9. The fourth-order valence-corrected chi connectivity index (χ4v) is 5.95. The third kappa shape index (κ3) is 4.78. The van der Waals surface area contributed by atoms with Gasteiger partial charge >= 0.3 is 5.97 Å². The lowest BCUT2D eigenvalue weighted by atomic mass is 9.74. The average molecular weight is 478 g/mol. The van der Waals surface area contributed by atoms with Crippen LogP contribution < -0.4 is 4.74 Å². The number of carbonyl (C=O) groups is 1. The molecule has 2 fully saturated rings. The van der Waals surface area contributed by atoms with Gasteiger partial charge in [-0.1, -0.05) is 18.2 Å². The molecule has 3 aliphatic rings. The first-order chi connectivity index (χ1) is 15.0. The van der Waals surface area contributed by atoms with Crippen molar-refractivity contribution in [2.24, 2.45) is 0 Å². The van der Waals surface area contributed by atoms with Crippen LogP contribution in [0.3, 0.4) is 0 Å². The first-order valence-electron chi connectivity index (χ1n) is 11.2. The zero-order valence-corrected chi connectivity index (χ0v) is 19.7. The zero-order chi connectivity index (χ0) is 21.4. The minimum atomic E-state index is -0.737. The van der Waals surface area contributed by atoms with Crippen molar-refractivity contribution in [2.45, 2.75) is 54.1 Å². The molecule has 5 rings (SSSR count). The second-order valence-corrected chi connectivity index (χ2v) is 10.1. The molecule has 32 heavy (non-hydrogen) atoms. The number of halogens is 2. The van der Waals surface area contributed by atoms with E-state index in [1.165, 1.54) is 24.0 Å². The van der Waals surface area contributed by atoms with Gasteiger partial charge in [0.15, 0.2) is 0 Å². The van der Waals surface area contributed by atoms with Crippen LogP contribution in [0.1, 0.15) is 54.7 Å². The van der Waals surface area contributed by atoms with Gasteiger partial charge in [0.2, 0.25) is 0 Å². The number of rotatable bonds is 7. The van der Waals surface area contributed by atoms with E-state index < -0.39 is 5.97 Å². The number of carboxylic acids is 1. The van der Waals surface area contributed by atoms with Crippen LogP contribution in [0.5, 0.6) is 5.75 Å². The van der Waals surface area contributed by atoms with E-state index in [0.29, 0.717) is 24.8 Å². The maximum Gasteiger partial charge on any atom is 0.304 e. The van der Waals surface area contributed by atoms with Crippen molar-refractivity contribution in [3.8, 4) is 5.75 Å². The van der Waals surface area contributed by atoms with Crippen LogP contribution >= 0.6 is 24.2 Å². The van der Waals surface area contributed by atoms with Gasteiger partial charge in [0, 0.05) is 33.7 Å². The number of hydrogen-bond donors (Lipinski definition) is 1. The van der Waals surface area contributed by atoms with Crippen LogP contribution in [-0.4, -0.2) is 42.2 Å². The van der Waals surface area contributed by atoms with Crippen molar-refractivity contribution >= 4 is 30.1 Å². The second kappa shape index (κ2) is 9.62. The van der Waals surface area contributed by atoms with Gasteiger partial charge in [-0.05, 0) is 68.5 Å². The van der Waals surface area contributed by atoms with Crippen LogP contribution in [0.4, 0.5) is 4.39 Å². The molecule has 7 heteroatoms. The van der Waals surface area contributed by atoms with Gasteiger partial charge < -0.3 is 14.7 Å². The summed E-state index contributed by atoms with van der Waals surface area (Å²) in [6.45, 7) is 3.13. The van der Waals surface area contributed by atoms with Gasteiger partial charge in [-0.15, -0.1) is 24.2 Å². The van der Waals surface area contributed by atoms with E-state index in [1.807, 2.05) is 6.07 Å². The topological polar surface area (TPSA) is 49.8 Å². The van der Waals surface area contributed by atoms with Crippen molar-refractivity contribution in [1.82, 2.24) is 4.90 Å². The summed E-state index contributed by atoms with van der Waals surface area (Å²) in [5.41, 5.74) is 3.35. The third-order valence-electron chi connectivity index (χ3n) is 7.04. The molecule has 0 unspecified atom stereocenters. The number of carboxylic acid groups (broad SMARTS) is 1. The summed E-state index contributed by atoms with van der Waals surface area (Å²) >= 11 is 1.67. The first kappa shape index (κ1) is 23.4. The average Bonchev–Trinajstić information content (AvgIpc) is 3.56. The Kier molecular flexibility index (Phi) is 7.03. The summed E-state index contributed by atoms with van der Waals surface area (Å²) in [5.74, 6) is 1.30. The molecular formula is C25H29ClFNO3S. The Labute approximate surface area is 198 Å². The molecule has 172 valence electrons. The Hall–Kier alpha value is -1.76. The fourth-order valence-electron chi connectivity index (χ4n) is 4.98. The number of benzene rings is 2. The van der Waals surface area contributed by atoms with E-state index in [9.17, 15) is 9.18 Å². The molecule has 2 aromatic rings. The molecule has 1 aliphatic carbocycles. The number of ether oxygens (including phenoxy) is 1. The molecule has 2 heterocycles. The highest BCUT2D eigenvalue weighted by molar-refractivity contribution is 7.98. The number of likely N-dealkylation sites (tertiary alicyclic amines) is 1. The van der Waals surface area contributed by atoms with Crippen molar-refractivity contribution in [1.29, 1.82) is 0 Å². The minimum absolute atomic E-state index is 0. The van der Waals surface area contributed by atoms with E-state index >= 15 is 0 Å². The van der Waals surface area contributed by atoms with Crippen molar-refractivity contribution < 1.29 is 19.0 Å². The van der Waals surface area contributed by atoms with Gasteiger partial charge in [0.25, 0.3) is 0 Å². The molecule has 0 radical (unpaired) electrons. The molecule has 0 bridgehead atoms. The molecular weight excluding hydrogens is 449 g/mol. The second-order valence-electron chi connectivity index (χ2n) is 9.08. The Bertz CT molecular complexity index is 989. The number of thioether (sulfide) groups is 1. The van der Waals surface area contributed by atoms with E-state index in [1.54, 1.807) is 17.8 Å². The number of fused-ring (bicyclic) bond motifs is 2. The standard InChI is InChI=1S/C25H28FNO3S.ClH/c26-22-3-1-2-19(17-4-5-17)20(22)15-31-18-6-7-21-23(14-18)30-16-25(21)9-12-27(13-10-25)11-8-24(28)29;/h1-3,6-7,14,17H,4-5,8-13,15-16H2,(H,28,29);1H. The number of hydrogen-bond acceptors (Lipinski definition) is 4. The first-order valence-corrected chi connectivity index (χ1v) is 12.1. The molecule has 1 saturated carbocycles. The van der Waals surface area contributed by atoms with E-state index in [-0.39, 0.29) is 30.1 Å². The maximum absolute atomic E-state index is 14.5. The quantitative estimate of drug-likeness (QED) is 0.524. The number of nitrogens with zero attached hydrogens (tertiary/aromatic N) is 1. The monoisotopic (exact) mass is 477 g/mol. The molecule has 0 atom stereocenters. The van der Waals surface area contributed by atoms with Crippen LogP contribution in [-0.2, 0) is 16.0 Å². The molecule has 1 saturated heterocycles. The normalized spacial score (nSPS) is 19.3. The smallest absolute Gasteiger partial charge is 0.304 e. The molecule has 2 aliphatic heterocycles. The Morgan fingerprint density at radius 3 is 2.72 bits per heavy atom. The zero-order valence-electron chi connectivity index (χ0n) is 18.0. The van der Waals surface area contributed by atoms with Crippen molar-refractivity contribution in [3.05, 3.63) is 58.9 Å². The lowest BCUT2D eigenvalue weighted by Gasteiger charge is -2.38. The van der Waals surface area contributed by atoms with E-state index in [2.05, 4.69) is 29.2 Å². The molecule has 0 aromatic heterocycles. The predicted octanol–water partition coefficient (Wildman–Crippen LogP) is 5.62. The summed E-state index contributed by atoms with van der Waals surface area (Å²) < 4.78 is 20.6. The third-order valence-corrected chi connectivity index (χ3v) is 8.06. The summed E-state index contributed by atoms with van der Waals surface area (Å²) in [4.78, 5) is 14.2. The van der Waals surface area contributed by atoms with Crippen LogP contribution in [0, 0.1) is 5.82 Å². The fraction of sp³-hybridized carbons (Fsp3) is 0.480. The van der Waals surface area contributed by atoms with E-state index in [0.717, 1.165) is 42.1 Å². The van der Waals surface area contributed by atoms with Gasteiger partial charge in [-0.3, -0.25) is 4.79 Å². The highest BCUT2D eigenvalue weighted by Crippen LogP contribution is 2.47. The van der Waals surface area contributed by atoms with Crippen LogP contribution in [0.25, 0.3) is 0 Å². The lowest BCUT2D eigenvalue weighted by molar-refractivity contribution is -0.137. The van der Waals surface area contributed by atoms with Gasteiger partial charge in [0.05, 0.1) is 13.0 Å². The SMILES string of the molecule is Cl.O=C(O)CCN1CCC2(CC1)COc1cc(SCc3c(F)cccc3C3CC3)ccc12. The van der Waals surface area contributed by atoms with Crippen LogP contribution in [0.15, 0.2) is 41.3 Å². The molecule has 2 aromatic carbocycles. The predicted molar refractivity (Wildman–Crippen MR) is 127 cm³/mol. The summed E-state index contributed by atoms with van der Waals surface area (Å²) in [5, 5.41) is 8.91. The highest BCUT2D eigenvalue weighted by Gasteiger charge is 2.43. The highest BCUT2D eigenvalue weighted by atomic mass is 35.5. The Morgan fingerprint density at radius 2 is 2.00 bits per heavy atom. The molecule has 0 amide bonds. The largest absolute Gasteiger partial charge is 0.492 e. The minimum Gasteiger partial charge on any atom is -0.492 e. The summed E-state index contributed by atoms with van der Waals surface area (Å²) in [6.07, 6.45) is 4.52. The van der Waals surface area contributed by atoms with E-state index in [4.69, 9.17) is 9.84 Å². The van der Waals surface area contributed by atoms with Crippen molar-refractivity contribution in [2.75, 3.05) is 26.2 Å². The van der Waals surface area contributed by atoms with Gasteiger partial charge in [0.1, 0.15) is 11.6 Å². The van der Waals surface area contributed by atoms with Crippen molar-refractivity contribution in [3.63, 3.8) is 0 Å². The summed E-state index contributed by atoms with van der Waals surface area (Å²) in [7, 11) is 0. The van der Waals surface area contributed by atoms with Gasteiger partial charge in [-0.2, -0.15) is 0 Å². The number of aliphatic carboxylic acids is 1. The lowest BCUT2D eigenvalue weighted by Crippen LogP contribution is -2.44. The Balaban J connectivity index is 0.00000245.